The molecule has 6 heteroatoms. The van der Waals surface area contributed by atoms with E-state index in [2.05, 4.69) is 0 Å². The van der Waals surface area contributed by atoms with Gasteiger partial charge >= 0.3 is 5.97 Å². The molecule has 0 amide bonds. The lowest BCUT2D eigenvalue weighted by molar-refractivity contribution is -0.191. The third-order valence-corrected chi connectivity index (χ3v) is 4.38. The van der Waals surface area contributed by atoms with Crippen LogP contribution >= 0.6 is 23.2 Å². The van der Waals surface area contributed by atoms with Crippen molar-refractivity contribution in [2.75, 3.05) is 0 Å². The monoisotopic (exact) mass is 406 g/mol. The van der Waals surface area contributed by atoms with Crippen molar-refractivity contribution in [3.8, 4) is 0 Å². The van der Waals surface area contributed by atoms with Crippen molar-refractivity contribution >= 4 is 29.2 Å². The highest BCUT2D eigenvalue weighted by atomic mass is 35.5. The first-order chi connectivity index (χ1) is 12.9. The molecule has 3 rings (SSSR count). The number of carbonyl (C=O) groups excluding carboxylic acids is 1. The van der Waals surface area contributed by atoms with Gasteiger partial charge < -0.3 is 14.2 Å². The predicted octanol–water partition coefficient (Wildman–Crippen LogP) is 6.01. The zero-order chi connectivity index (χ0) is 19.4. The van der Waals surface area contributed by atoms with E-state index < -0.39 is 12.3 Å². The van der Waals surface area contributed by atoms with Crippen LogP contribution in [-0.4, -0.2) is 12.1 Å². The summed E-state index contributed by atoms with van der Waals surface area (Å²) >= 11 is 12.2. The molecule has 0 aromatic heterocycles. The molecule has 1 heterocycles. The van der Waals surface area contributed by atoms with Gasteiger partial charge in [0.15, 0.2) is 0 Å². The molecule has 0 bridgehead atoms. The third-order valence-electron chi connectivity index (χ3n) is 3.90. The Morgan fingerprint density at radius 1 is 1.11 bits per heavy atom. The van der Waals surface area contributed by atoms with E-state index in [-0.39, 0.29) is 12.2 Å². The van der Waals surface area contributed by atoms with Crippen LogP contribution in [0.3, 0.4) is 0 Å². The molecule has 27 heavy (non-hydrogen) atoms. The van der Waals surface area contributed by atoms with Crippen molar-refractivity contribution < 1.29 is 19.0 Å². The van der Waals surface area contributed by atoms with E-state index in [9.17, 15) is 4.79 Å². The van der Waals surface area contributed by atoms with Crippen molar-refractivity contribution in [1.82, 2.24) is 0 Å². The van der Waals surface area contributed by atoms with Crippen molar-refractivity contribution in [3.05, 3.63) is 81.5 Å². The second kappa shape index (κ2) is 8.79. The molecule has 1 aliphatic rings. The Labute approximate surface area is 168 Å². The van der Waals surface area contributed by atoms with Crippen molar-refractivity contribution in [2.24, 2.45) is 0 Å². The van der Waals surface area contributed by atoms with Crippen LogP contribution in [0, 0.1) is 0 Å². The van der Waals surface area contributed by atoms with Gasteiger partial charge in [-0.25, -0.2) is 4.79 Å². The Hall–Kier alpha value is -2.01. The first-order valence-electron chi connectivity index (χ1n) is 8.65. The minimum Gasteiger partial charge on any atom is -0.465 e. The molecule has 2 atom stereocenters. The average molecular weight is 407 g/mol. The number of hydrogen-bond acceptors (Lipinski definition) is 4. The number of hydrogen-bond donors (Lipinski definition) is 0. The second-order valence-corrected chi connectivity index (χ2v) is 7.36. The van der Waals surface area contributed by atoms with Crippen molar-refractivity contribution in [3.63, 3.8) is 0 Å². The van der Waals surface area contributed by atoms with Crippen LogP contribution in [0.25, 0.3) is 0 Å². The van der Waals surface area contributed by atoms with Crippen LogP contribution in [0.15, 0.2) is 60.4 Å². The quantitative estimate of drug-likeness (QED) is 0.460. The molecule has 0 N–H and O–H groups in total. The summed E-state index contributed by atoms with van der Waals surface area (Å²) in [6.07, 6.45) is 0.545. The Bertz CT molecular complexity index is 792. The largest absolute Gasteiger partial charge is 0.465 e. The molecule has 1 aliphatic heterocycles. The smallest absolute Gasteiger partial charge is 0.334 e. The number of rotatable bonds is 4. The summed E-state index contributed by atoms with van der Waals surface area (Å²) in [5, 5.41) is 1.20. The number of ether oxygens (including phenoxy) is 3. The van der Waals surface area contributed by atoms with Crippen LogP contribution in [0.2, 0.25) is 10.0 Å². The molecule has 2 aromatic rings. The second-order valence-electron chi connectivity index (χ2n) is 6.48. The topological polar surface area (TPSA) is 44.8 Å². The molecule has 0 aliphatic carbocycles. The number of benzene rings is 2. The fourth-order valence-corrected chi connectivity index (χ4v) is 3.18. The predicted molar refractivity (Wildman–Crippen MR) is 104 cm³/mol. The van der Waals surface area contributed by atoms with Gasteiger partial charge in [-0.1, -0.05) is 47.5 Å². The Morgan fingerprint density at radius 2 is 1.74 bits per heavy atom. The van der Waals surface area contributed by atoms with E-state index in [0.29, 0.717) is 22.2 Å². The van der Waals surface area contributed by atoms with Crippen LogP contribution < -0.4 is 0 Å². The van der Waals surface area contributed by atoms with Crippen molar-refractivity contribution in [2.45, 2.75) is 38.8 Å². The first-order valence-corrected chi connectivity index (χ1v) is 9.40. The van der Waals surface area contributed by atoms with Gasteiger partial charge in [0.2, 0.25) is 6.29 Å². The maximum absolute atomic E-state index is 12.1. The van der Waals surface area contributed by atoms with Gasteiger partial charge in [0, 0.05) is 22.0 Å². The maximum Gasteiger partial charge on any atom is 0.334 e. The molecular formula is C21H20Cl2O4. The fourth-order valence-electron chi connectivity index (χ4n) is 2.79. The van der Waals surface area contributed by atoms with E-state index in [1.54, 1.807) is 32.0 Å². The van der Waals surface area contributed by atoms with Gasteiger partial charge in [0.25, 0.3) is 0 Å². The summed E-state index contributed by atoms with van der Waals surface area (Å²) in [5.74, 6) is 0.0402. The molecule has 142 valence electrons. The molecule has 0 unspecified atom stereocenters. The normalized spacial score (nSPS) is 21.1. The summed E-state index contributed by atoms with van der Waals surface area (Å²) in [6.45, 7) is 3.59. The van der Waals surface area contributed by atoms with E-state index in [1.165, 1.54) is 6.08 Å². The van der Waals surface area contributed by atoms with Crippen LogP contribution in [-0.2, 0) is 19.0 Å². The highest BCUT2D eigenvalue weighted by Crippen LogP contribution is 2.40. The number of carbonyl (C=O) groups is 1. The SMILES string of the molecule is CC(C)OC(=O)/C=C1/C[C@H](c2cccc(Cl)c2)O[C@H](c2cccc(Cl)c2)O1. The van der Waals surface area contributed by atoms with E-state index in [4.69, 9.17) is 37.4 Å². The van der Waals surface area contributed by atoms with E-state index in [1.807, 2.05) is 30.3 Å². The number of halogens is 2. The zero-order valence-corrected chi connectivity index (χ0v) is 16.5. The summed E-state index contributed by atoms with van der Waals surface area (Å²) in [4.78, 5) is 12.1. The Kier molecular flexibility index (Phi) is 6.42. The number of esters is 1. The molecule has 0 radical (unpaired) electrons. The molecule has 0 saturated carbocycles. The highest BCUT2D eigenvalue weighted by Gasteiger charge is 2.30. The van der Waals surface area contributed by atoms with Gasteiger partial charge in [-0.05, 0) is 43.7 Å². The zero-order valence-electron chi connectivity index (χ0n) is 15.0. The fraction of sp³-hybridized carbons (Fsp3) is 0.286. The van der Waals surface area contributed by atoms with Crippen molar-refractivity contribution in [1.29, 1.82) is 0 Å². The van der Waals surface area contributed by atoms with Crippen LogP contribution in [0.5, 0.6) is 0 Å². The lowest BCUT2D eigenvalue weighted by Gasteiger charge is -2.33. The van der Waals surface area contributed by atoms with Crippen LogP contribution in [0.4, 0.5) is 0 Å². The van der Waals surface area contributed by atoms with Gasteiger partial charge in [-0.15, -0.1) is 0 Å². The molecular weight excluding hydrogens is 387 g/mol. The minimum absolute atomic E-state index is 0.207. The van der Waals surface area contributed by atoms with E-state index >= 15 is 0 Å². The maximum atomic E-state index is 12.1. The summed E-state index contributed by atoms with van der Waals surface area (Å²) < 4.78 is 17.2. The summed E-state index contributed by atoms with van der Waals surface area (Å²) in [5.41, 5.74) is 1.67. The average Bonchev–Trinajstić information content (AvgIpc) is 2.60. The lowest BCUT2D eigenvalue weighted by Crippen LogP contribution is -2.21. The Morgan fingerprint density at radius 3 is 2.37 bits per heavy atom. The molecule has 4 nitrogen and oxygen atoms in total. The molecule has 2 aromatic carbocycles. The first kappa shape index (κ1) is 19.7. The Balaban J connectivity index is 1.90. The van der Waals surface area contributed by atoms with Crippen LogP contribution in [0.1, 0.15) is 43.8 Å². The summed E-state index contributed by atoms with van der Waals surface area (Å²) in [7, 11) is 0. The standard InChI is InChI=1S/C21H20Cl2O4/c1-13(2)25-20(24)12-18-11-19(14-5-3-7-16(22)9-14)27-21(26-18)15-6-4-8-17(23)10-15/h3-10,12-13,19,21H,11H2,1-2H3/b18-12-/t19-,21-/m1/s1. The highest BCUT2D eigenvalue weighted by molar-refractivity contribution is 6.30. The third kappa shape index (κ3) is 5.48. The molecule has 1 saturated heterocycles. The van der Waals surface area contributed by atoms with Gasteiger partial charge in [-0.3, -0.25) is 0 Å². The lowest BCUT2D eigenvalue weighted by atomic mass is 10.0. The molecule has 1 fully saturated rings. The molecule has 0 spiro atoms. The van der Waals surface area contributed by atoms with Gasteiger partial charge in [0.1, 0.15) is 5.76 Å². The van der Waals surface area contributed by atoms with Gasteiger partial charge in [0.05, 0.1) is 18.3 Å². The van der Waals surface area contributed by atoms with Gasteiger partial charge in [-0.2, -0.15) is 0 Å². The summed E-state index contributed by atoms with van der Waals surface area (Å²) in [6, 6.07) is 14.7. The minimum atomic E-state index is -0.695. The van der Waals surface area contributed by atoms with E-state index in [0.717, 1.165) is 11.1 Å².